The fourth-order valence-corrected chi connectivity index (χ4v) is 4.40. The van der Waals surface area contributed by atoms with E-state index in [0.717, 1.165) is 34.8 Å². The average Bonchev–Trinajstić information content (AvgIpc) is 2.70. The second-order valence-corrected chi connectivity index (χ2v) is 9.51. The van der Waals surface area contributed by atoms with Crippen molar-refractivity contribution in [2.45, 2.75) is 32.7 Å². The molecule has 3 rings (SSSR count). The number of piperidine rings is 1. The number of rotatable bonds is 7. The molecule has 156 valence electrons. The van der Waals surface area contributed by atoms with E-state index >= 15 is 0 Å². The molecule has 0 spiro atoms. The lowest BCUT2D eigenvalue weighted by molar-refractivity contribution is -0.119. The number of nitrogens with zero attached hydrogens (tertiary/aromatic N) is 2. The third kappa shape index (κ3) is 5.97. The molecule has 2 aromatic rings. The molecule has 0 atom stereocenters. The van der Waals surface area contributed by atoms with E-state index in [1.165, 1.54) is 24.9 Å². The molecule has 2 aromatic carbocycles. The smallest absolute Gasteiger partial charge is 0.241 e. The number of carbonyl (C=O) groups excluding carboxylic acids is 1. The van der Waals surface area contributed by atoms with Crippen LogP contribution in [0.4, 0.5) is 11.4 Å². The van der Waals surface area contributed by atoms with Crippen LogP contribution < -0.4 is 14.5 Å². The molecule has 1 heterocycles. The molecule has 0 aromatic heterocycles. The van der Waals surface area contributed by atoms with Gasteiger partial charge in [-0.3, -0.25) is 9.10 Å². The molecule has 1 fully saturated rings. The predicted molar refractivity (Wildman–Crippen MR) is 118 cm³/mol. The fraction of sp³-hybridized carbons (Fsp3) is 0.409. The van der Waals surface area contributed by atoms with Crippen LogP contribution in [-0.2, 0) is 21.4 Å². The molecule has 0 aliphatic carbocycles. The van der Waals surface area contributed by atoms with Gasteiger partial charge in [0, 0.05) is 25.3 Å². The van der Waals surface area contributed by atoms with Gasteiger partial charge in [-0.2, -0.15) is 0 Å². The number of carbonyl (C=O) groups is 1. The number of hydrogen-bond donors (Lipinski definition) is 1. The molecule has 1 amide bonds. The topological polar surface area (TPSA) is 69.7 Å². The van der Waals surface area contributed by atoms with Gasteiger partial charge in [0.25, 0.3) is 0 Å². The predicted octanol–water partition coefficient (Wildman–Crippen LogP) is 3.07. The number of anilines is 2. The SMILES string of the molecule is Cc1cccc(N(CC(=O)NCc2ccc(N3CCCCC3)cc2)S(C)(=O)=O)c1. The molecular weight excluding hydrogens is 386 g/mol. The second kappa shape index (κ2) is 9.31. The monoisotopic (exact) mass is 415 g/mol. The van der Waals surface area contributed by atoms with Crippen LogP contribution in [0, 0.1) is 6.92 Å². The zero-order chi connectivity index (χ0) is 20.9. The highest BCUT2D eigenvalue weighted by Crippen LogP contribution is 2.21. The van der Waals surface area contributed by atoms with Crippen LogP contribution in [0.3, 0.4) is 0 Å². The molecule has 1 N–H and O–H groups in total. The summed E-state index contributed by atoms with van der Waals surface area (Å²) in [7, 11) is -3.56. The third-order valence-corrected chi connectivity index (χ3v) is 6.26. The Bertz CT molecular complexity index is 936. The number of sulfonamides is 1. The van der Waals surface area contributed by atoms with E-state index in [9.17, 15) is 13.2 Å². The molecule has 0 saturated carbocycles. The third-order valence-electron chi connectivity index (χ3n) is 5.12. The highest BCUT2D eigenvalue weighted by Gasteiger charge is 2.20. The fourth-order valence-electron chi connectivity index (χ4n) is 3.55. The van der Waals surface area contributed by atoms with Crippen LogP contribution in [0.1, 0.15) is 30.4 Å². The largest absolute Gasteiger partial charge is 0.372 e. The van der Waals surface area contributed by atoms with Gasteiger partial charge >= 0.3 is 0 Å². The van der Waals surface area contributed by atoms with Crippen molar-refractivity contribution in [1.29, 1.82) is 0 Å². The van der Waals surface area contributed by atoms with Gasteiger partial charge in [0.05, 0.1) is 11.9 Å². The Morgan fingerprint density at radius 1 is 1.07 bits per heavy atom. The number of benzene rings is 2. The average molecular weight is 416 g/mol. The summed E-state index contributed by atoms with van der Waals surface area (Å²) in [5.41, 5.74) is 3.63. The first kappa shape index (κ1) is 21.2. The van der Waals surface area contributed by atoms with Gasteiger partial charge in [0.1, 0.15) is 6.54 Å². The standard InChI is InChI=1S/C22H29N3O3S/c1-18-7-6-8-21(15-18)25(29(2,27)28)17-22(26)23-16-19-9-11-20(12-10-19)24-13-4-3-5-14-24/h6-12,15H,3-5,13-14,16-17H2,1-2H3,(H,23,26). The van der Waals surface area contributed by atoms with Crippen LogP contribution in [-0.4, -0.2) is 40.2 Å². The molecule has 29 heavy (non-hydrogen) atoms. The maximum absolute atomic E-state index is 12.4. The van der Waals surface area contributed by atoms with Crippen molar-refractivity contribution in [3.8, 4) is 0 Å². The van der Waals surface area contributed by atoms with Gasteiger partial charge in [0.2, 0.25) is 15.9 Å². The van der Waals surface area contributed by atoms with Gasteiger partial charge in [0.15, 0.2) is 0 Å². The summed E-state index contributed by atoms with van der Waals surface area (Å²) in [5, 5.41) is 2.83. The van der Waals surface area contributed by atoms with E-state index in [1.807, 2.05) is 25.1 Å². The summed E-state index contributed by atoms with van der Waals surface area (Å²) in [6.45, 7) is 4.20. The number of nitrogens with one attached hydrogen (secondary N) is 1. The van der Waals surface area contributed by atoms with E-state index in [1.54, 1.807) is 18.2 Å². The number of amides is 1. The first-order valence-corrected chi connectivity index (χ1v) is 11.8. The molecule has 0 bridgehead atoms. The van der Waals surface area contributed by atoms with Crippen molar-refractivity contribution in [3.05, 3.63) is 59.7 Å². The van der Waals surface area contributed by atoms with Crippen molar-refractivity contribution < 1.29 is 13.2 Å². The minimum atomic E-state index is -3.56. The Morgan fingerprint density at radius 3 is 2.38 bits per heavy atom. The zero-order valence-corrected chi connectivity index (χ0v) is 17.9. The zero-order valence-electron chi connectivity index (χ0n) is 17.1. The molecule has 1 saturated heterocycles. The Kier molecular flexibility index (Phi) is 6.79. The van der Waals surface area contributed by atoms with Crippen LogP contribution in [0.2, 0.25) is 0 Å². The molecule has 0 unspecified atom stereocenters. The van der Waals surface area contributed by atoms with Gasteiger partial charge in [-0.1, -0.05) is 24.3 Å². The Hall–Kier alpha value is -2.54. The van der Waals surface area contributed by atoms with E-state index in [2.05, 4.69) is 22.3 Å². The summed E-state index contributed by atoms with van der Waals surface area (Å²) >= 11 is 0. The maximum atomic E-state index is 12.4. The van der Waals surface area contributed by atoms with Gasteiger partial charge in [-0.15, -0.1) is 0 Å². The number of hydrogen-bond acceptors (Lipinski definition) is 4. The summed E-state index contributed by atoms with van der Waals surface area (Å²) in [6, 6.07) is 15.3. The van der Waals surface area contributed by atoms with Crippen molar-refractivity contribution in [2.24, 2.45) is 0 Å². The Balaban J connectivity index is 1.59. The minimum absolute atomic E-state index is 0.242. The van der Waals surface area contributed by atoms with E-state index in [4.69, 9.17) is 0 Å². The minimum Gasteiger partial charge on any atom is -0.372 e. The Morgan fingerprint density at radius 2 is 1.76 bits per heavy atom. The highest BCUT2D eigenvalue weighted by atomic mass is 32.2. The molecule has 6 nitrogen and oxygen atoms in total. The second-order valence-electron chi connectivity index (χ2n) is 7.60. The van der Waals surface area contributed by atoms with Crippen LogP contribution >= 0.6 is 0 Å². The summed E-state index contributed by atoms with van der Waals surface area (Å²) < 4.78 is 25.5. The highest BCUT2D eigenvalue weighted by molar-refractivity contribution is 7.92. The van der Waals surface area contributed by atoms with Crippen LogP contribution in [0.15, 0.2) is 48.5 Å². The maximum Gasteiger partial charge on any atom is 0.241 e. The van der Waals surface area contributed by atoms with Crippen LogP contribution in [0.25, 0.3) is 0 Å². The lowest BCUT2D eigenvalue weighted by Gasteiger charge is -2.28. The quantitative estimate of drug-likeness (QED) is 0.755. The molecule has 0 radical (unpaired) electrons. The first-order chi connectivity index (χ1) is 13.8. The van der Waals surface area contributed by atoms with Gasteiger partial charge in [-0.25, -0.2) is 8.42 Å². The molecule has 1 aliphatic heterocycles. The van der Waals surface area contributed by atoms with E-state index < -0.39 is 10.0 Å². The lowest BCUT2D eigenvalue weighted by atomic mass is 10.1. The van der Waals surface area contributed by atoms with Gasteiger partial charge < -0.3 is 10.2 Å². The first-order valence-electron chi connectivity index (χ1n) is 9.98. The molecule has 1 aliphatic rings. The van der Waals surface area contributed by atoms with Crippen molar-refractivity contribution in [2.75, 3.05) is 35.1 Å². The number of aryl methyl sites for hydroxylation is 1. The van der Waals surface area contributed by atoms with Gasteiger partial charge in [-0.05, 0) is 61.6 Å². The normalized spacial score (nSPS) is 14.5. The lowest BCUT2D eigenvalue weighted by Crippen LogP contribution is -2.40. The molecule has 7 heteroatoms. The summed E-state index contributed by atoms with van der Waals surface area (Å²) in [6.07, 6.45) is 4.88. The Labute approximate surface area is 173 Å². The summed E-state index contributed by atoms with van der Waals surface area (Å²) in [4.78, 5) is 14.8. The van der Waals surface area contributed by atoms with E-state index in [0.29, 0.717) is 12.2 Å². The van der Waals surface area contributed by atoms with Crippen molar-refractivity contribution in [1.82, 2.24) is 5.32 Å². The summed E-state index contributed by atoms with van der Waals surface area (Å²) in [5.74, 6) is -0.336. The van der Waals surface area contributed by atoms with Crippen LogP contribution in [0.5, 0.6) is 0 Å². The van der Waals surface area contributed by atoms with Crippen molar-refractivity contribution in [3.63, 3.8) is 0 Å². The molecular formula is C22H29N3O3S. The van der Waals surface area contributed by atoms with Crippen molar-refractivity contribution >= 4 is 27.3 Å². The van der Waals surface area contributed by atoms with E-state index in [-0.39, 0.29) is 12.5 Å².